The molecule has 0 bridgehead atoms. The number of imide groups is 1. The number of nitrogen functional groups attached to an aromatic ring is 1. The van der Waals surface area contributed by atoms with Crippen LogP contribution in [0.1, 0.15) is 5.56 Å². The summed E-state index contributed by atoms with van der Waals surface area (Å²) >= 11 is 0. The van der Waals surface area contributed by atoms with Gasteiger partial charge in [0.2, 0.25) is 0 Å². The number of nitro groups is 1. The second kappa shape index (κ2) is 5.63. The summed E-state index contributed by atoms with van der Waals surface area (Å²) in [6.45, 7) is -0.472. The van der Waals surface area contributed by atoms with Gasteiger partial charge in [-0.25, -0.2) is 0 Å². The van der Waals surface area contributed by atoms with E-state index in [4.69, 9.17) is 10.6 Å². The molecule has 1 fully saturated rings. The van der Waals surface area contributed by atoms with Crippen LogP contribution in [0.3, 0.4) is 0 Å². The molecule has 0 saturated carbocycles. The number of hydrogen-bond acceptors (Lipinski definition) is 7. The van der Waals surface area contributed by atoms with Crippen LogP contribution in [-0.2, 0) is 20.9 Å². The summed E-state index contributed by atoms with van der Waals surface area (Å²) in [6, 6.07) is 4.30. The third-order valence-corrected chi connectivity index (χ3v) is 2.85. The molecule has 20 heavy (non-hydrogen) atoms. The number of nitro benzene ring substituents is 1. The Kier molecular flexibility index (Phi) is 3.91. The Morgan fingerprint density at radius 3 is 2.55 bits per heavy atom. The van der Waals surface area contributed by atoms with Crippen molar-refractivity contribution in [2.75, 3.05) is 18.6 Å². The highest BCUT2D eigenvalue weighted by Gasteiger charge is 2.28. The highest BCUT2D eigenvalue weighted by atomic mass is 16.6. The van der Waals surface area contributed by atoms with Crippen molar-refractivity contribution in [1.29, 1.82) is 0 Å². The number of ether oxygens (including phenoxy) is 1. The molecule has 1 aromatic rings. The van der Waals surface area contributed by atoms with Gasteiger partial charge in [0, 0.05) is 11.6 Å². The van der Waals surface area contributed by atoms with Crippen LogP contribution >= 0.6 is 0 Å². The van der Waals surface area contributed by atoms with Crippen molar-refractivity contribution in [3.05, 3.63) is 33.9 Å². The molecule has 9 heteroatoms. The summed E-state index contributed by atoms with van der Waals surface area (Å²) in [5, 5.41) is 10.9. The minimum absolute atomic E-state index is 0.0737. The Labute approximate surface area is 113 Å². The highest BCUT2D eigenvalue weighted by Crippen LogP contribution is 2.28. The van der Waals surface area contributed by atoms with Gasteiger partial charge >= 0.3 is 0 Å². The number of rotatable bonds is 4. The van der Waals surface area contributed by atoms with E-state index in [1.54, 1.807) is 6.07 Å². The lowest BCUT2D eigenvalue weighted by Gasteiger charge is -2.25. The minimum atomic E-state index is -0.596. The fourth-order valence-electron chi connectivity index (χ4n) is 1.90. The number of para-hydroxylation sites is 1. The van der Waals surface area contributed by atoms with Gasteiger partial charge in [0.1, 0.15) is 18.9 Å². The van der Waals surface area contributed by atoms with E-state index < -0.39 is 16.7 Å². The smallest absolute Gasteiger partial charge is 0.293 e. The van der Waals surface area contributed by atoms with Gasteiger partial charge in [0.25, 0.3) is 17.5 Å². The van der Waals surface area contributed by atoms with Crippen LogP contribution in [0.15, 0.2) is 18.2 Å². The van der Waals surface area contributed by atoms with E-state index in [-0.39, 0.29) is 31.1 Å². The molecular weight excluding hydrogens is 268 g/mol. The molecule has 1 saturated heterocycles. The van der Waals surface area contributed by atoms with E-state index in [2.05, 4.69) is 5.43 Å². The topological polar surface area (TPSA) is 128 Å². The predicted molar refractivity (Wildman–Crippen MR) is 67.3 cm³/mol. The molecule has 9 nitrogen and oxygen atoms in total. The van der Waals surface area contributed by atoms with Gasteiger partial charge in [-0.15, -0.1) is 0 Å². The third kappa shape index (κ3) is 2.58. The summed E-state index contributed by atoms with van der Waals surface area (Å²) in [6.07, 6.45) is 0. The van der Waals surface area contributed by atoms with E-state index >= 15 is 0 Å². The van der Waals surface area contributed by atoms with Crippen molar-refractivity contribution < 1.29 is 19.2 Å². The average molecular weight is 280 g/mol. The summed E-state index contributed by atoms with van der Waals surface area (Å²) in [5.41, 5.74) is 2.47. The lowest BCUT2D eigenvalue weighted by molar-refractivity contribution is -0.384. The maximum absolute atomic E-state index is 11.6. The standard InChI is InChI=1S/C11H12N4O5/c12-13-11-7(2-1-3-8(11)15(18)19)4-14-9(16)5-20-6-10(14)17/h1-3,13H,4-6,12H2. The molecule has 0 aliphatic carbocycles. The van der Waals surface area contributed by atoms with Gasteiger partial charge in [0.05, 0.1) is 11.5 Å². The van der Waals surface area contributed by atoms with Gasteiger partial charge < -0.3 is 10.2 Å². The first-order valence-corrected chi connectivity index (χ1v) is 5.68. The Hall–Kier alpha value is -2.52. The second-order valence-electron chi connectivity index (χ2n) is 4.08. The monoisotopic (exact) mass is 280 g/mol. The molecule has 0 aromatic heterocycles. The van der Waals surface area contributed by atoms with E-state index in [0.29, 0.717) is 5.56 Å². The quantitative estimate of drug-likeness (QED) is 0.337. The maximum atomic E-state index is 11.6. The first-order valence-electron chi connectivity index (χ1n) is 5.68. The number of nitrogens with one attached hydrogen (secondary N) is 1. The molecule has 0 unspecified atom stereocenters. The van der Waals surface area contributed by atoms with Gasteiger partial charge in [-0.3, -0.25) is 30.4 Å². The predicted octanol–water partition coefficient (Wildman–Crippen LogP) is -0.234. The lowest BCUT2D eigenvalue weighted by atomic mass is 10.1. The van der Waals surface area contributed by atoms with Gasteiger partial charge in [-0.2, -0.15) is 0 Å². The Bertz CT molecular complexity index is 558. The number of carbonyl (C=O) groups excluding carboxylic acids is 2. The maximum Gasteiger partial charge on any atom is 0.293 e. The second-order valence-corrected chi connectivity index (χ2v) is 4.08. The zero-order valence-corrected chi connectivity index (χ0v) is 10.4. The van der Waals surface area contributed by atoms with Gasteiger partial charge in [0.15, 0.2) is 0 Å². The summed E-state index contributed by atoms with van der Waals surface area (Å²) in [5.74, 6) is 4.32. The molecule has 2 amide bonds. The van der Waals surface area contributed by atoms with Crippen LogP contribution in [0.5, 0.6) is 0 Å². The average Bonchev–Trinajstić information content (AvgIpc) is 2.42. The third-order valence-electron chi connectivity index (χ3n) is 2.85. The molecule has 1 heterocycles. The van der Waals surface area contributed by atoms with Gasteiger partial charge in [-0.1, -0.05) is 12.1 Å². The van der Waals surface area contributed by atoms with Crippen molar-refractivity contribution in [2.24, 2.45) is 5.84 Å². The van der Waals surface area contributed by atoms with Gasteiger partial charge in [-0.05, 0) is 0 Å². The fraction of sp³-hybridized carbons (Fsp3) is 0.273. The van der Waals surface area contributed by atoms with Crippen LogP contribution < -0.4 is 11.3 Å². The molecule has 1 aliphatic heterocycles. The number of morpholine rings is 1. The molecule has 0 atom stereocenters. The van der Waals surface area contributed by atoms with E-state index in [1.807, 2.05) is 0 Å². The zero-order valence-electron chi connectivity index (χ0n) is 10.4. The van der Waals surface area contributed by atoms with Crippen LogP contribution in [0.25, 0.3) is 0 Å². The van der Waals surface area contributed by atoms with Crippen molar-refractivity contribution >= 4 is 23.2 Å². The number of hydrazine groups is 1. The number of benzene rings is 1. The van der Waals surface area contributed by atoms with E-state index in [0.717, 1.165) is 4.90 Å². The van der Waals surface area contributed by atoms with Crippen LogP contribution in [0.4, 0.5) is 11.4 Å². The van der Waals surface area contributed by atoms with Crippen molar-refractivity contribution in [2.45, 2.75) is 6.54 Å². The largest absolute Gasteiger partial charge is 0.362 e. The normalized spacial score (nSPS) is 15.3. The minimum Gasteiger partial charge on any atom is -0.362 e. The number of anilines is 1. The Balaban J connectivity index is 2.33. The summed E-state index contributed by atoms with van der Waals surface area (Å²) in [4.78, 5) is 34.5. The molecular formula is C11H12N4O5. The van der Waals surface area contributed by atoms with Crippen molar-refractivity contribution in [3.8, 4) is 0 Å². The Morgan fingerprint density at radius 2 is 2.00 bits per heavy atom. The molecule has 106 valence electrons. The molecule has 2 rings (SSSR count). The number of nitrogens with two attached hydrogens (primary N) is 1. The van der Waals surface area contributed by atoms with Crippen molar-refractivity contribution in [3.63, 3.8) is 0 Å². The zero-order chi connectivity index (χ0) is 14.7. The number of nitrogens with zero attached hydrogens (tertiary/aromatic N) is 2. The van der Waals surface area contributed by atoms with E-state index in [1.165, 1.54) is 12.1 Å². The summed E-state index contributed by atoms with van der Waals surface area (Å²) < 4.78 is 4.79. The van der Waals surface area contributed by atoms with Crippen LogP contribution in [0.2, 0.25) is 0 Å². The molecule has 1 aromatic carbocycles. The first-order chi connectivity index (χ1) is 9.54. The van der Waals surface area contributed by atoms with Crippen LogP contribution in [0, 0.1) is 10.1 Å². The Morgan fingerprint density at radius 1 is 1.35 bits per heavy atom. The molecule has 0 spiro atoms. The molecule has 1 aliphatic rings. The highest BCUT2D eigenvalue weighted by molar-refractivity contribution is 5.98. The molecule has 3 N–H and O–H groups in total. The van der Waals surface area contributed by atoms with Crippen molar-refractivity contribution in [1.82, 2.24) is 4.90 Å². The number of hydrogen-bond donors (Lipinski definition) is 2. The van der Waals surface area contributed by atoms with Crippen LogP contribution in [-0.4, -0.2) is 34.9 Å². The fourth-order valence-corrected chi connectivity index (χ4v) is 1.90. The van der Waals surface area contributed by atoms with E-state index in [9.17, 15) is 19.7 Å². The number of amides is 2. The SMILES string of the molecule is NNc1c(CN2C(=O)COCC2=O)cccc1[N+](=O)[O-]. The first kappa shape index (κ1) is 13.9. The number of carbonyl (C=O) groups is 2. The molecule has 0 radical (unpaired) electrons. The summed E-state index contributed by atoms with van der Waals surface area (Å²) in [7, 11) is 0. The lowest BCUT2D eigenvalue weighted by Crippen LogP contribution is -2.45.